The Morgan fingerprint density at radius 2 is 2.35 bits per heavy atom. The number of nitrogens with zero attached hydrogens (tertiary/aromatic N) is 1. The van der Waals surface area contributed by atoms with E-state index in [1.165, 1.54) is 37.6 Å². The highest BCUT2D eigenvalue weighted by atomic mass is 19.1. The molecular formula is C13H17FN2O. The van der Waals surface area contributed by atoms with E-state index in [-0.39, 0.29) is 5.91 Å². The molecule has 17 heavy (non-hydrogen) atoms. The van der Waals surface area contributed by atoms with E-state index in [1.54, 1.807) is 0 Å². The molecule has 1 aromatic rings. The summed E-state index contributed by atoms with van der Waals surface area (Å²) in [6, 6.07) is 2.66. The van der Waals surface area contributed by atoms with E-state index < -0.39 is 5.95 Å². The van der Waals surface area contributed by atoms with E-state index in [0.717, 1.165) is 0 Å². The summed E-state index contributed by atoms with van der Waals surface area (Å²) in [5.74, 6) is 0.525. The molecule has 1 saturated carbocycles. The van der Waals surface area contributed by atoms with Gasteiger partial charge < -0.3 is 5.32 Å². The van der Waals surface area contributed by atoms with E-state index in [2.05, 4.69) is 17.2 Å². The van der Waals surface area contributed by atoms with Gasteiger partial charge in [-0.3, -0.25) is 4.79 Å². The van der Waals surface area contributed by atoms with Gasteiger partial charge in [0.2, 0.25) is 5.95 Å². The van der Waals surface area contributed by atoms with Gasteiger partial charge in [0.15, 0.2) is 0 Å². The minimum atomic E-state index is -0.564. The first-order valence-electron chi connectivity index (χ1n) is 6.06. The zero-order valence-corrected chi connectivity index (χ0v) is 9.95. The lowest BCUT2D eigenvalue weighted by molar-refractivity contribution is 0.0944. The van der Waals surface area contributed by atoms with E-state index >= 15 is 0 Å². The Morgan fingerprint density at radius 3 is 2.94 bits per heavy atom. The van der Waals surface area contributed by atoms with Gasteiger partial charge in [-0.05, 0) is 30.4 Å². The van der Waals surface area contributed by atoms with Crippen LogP contribution in [0.3, 0.4) is 0 Å². The predicted molar refractivity (Wildman–Crippen MR) is 63.0 cm³/mol. The summed E-state index contributed by atoms with van der Waals surface area (Å²) in [7, 11) is 0. The van der Waals surface area contributed by atoms with Crippen molar-refractivity contribution < 1.29 is 9.18 Å². The van der Waals surface area contributed by atoms with Crippen molar-refractivity contribution in [3.05, 3.63) is 29.8 Å². The normalized spacial score (nSPS) is 23.6. The maximum Gasteiger partial charge on any atom is 0.252 e. The Labute approximate surface area is 100 Å². The monoisotopic (exact) mass is 236 g/mol. The number of aromatic nitrogens is 1. The molecule has 0 aliphatic heterocycles. The maximum absolute atomic E-state index is 12.6. The van der Waals surface area contributed by atoms with Crippen LogP contribution in [0.1, 0.15) is 36.5 Å². The molecule has 0 radical (unpaired) electrons. The minimum Gasteiger partial charge on any atom is -0.352 e. The molecule has 2 rings (SSSR count). The molecule has 3 nitrogen and oxygen atoms in total. The molecule has 1 aliphatic rings. The van der Waals surface area contributed by atoms with Crippen molar-refractivity contribution in [2.45, 2.75) is 26.2 Å². The number of amides is 1. The Kier molecular flexibility index (Phi) is 3.71. The van der Waals surface area contributed by atoms with Gasteiger partial charge in [0, 0.05) is 12.7 Å². The first-order valence-corrected chi connectivity index (χ1v) is 6.06. The van der Waals surface area contributed by atoms with E-state index in [1.807, 2.05) is 0 Å². The Morgan fingerprint density at radius 1 is 1.53 bits per heavy atom. The van der Waals surface area contributed by atoms with Crippen molar-refractivity contribution >= 4 is 5.91 Å². The summed E-state index contributed by atoms with van der Waals surface area (Å²) in [5.41, 5.74) is 0.414. The van der Waals surface area contributed by atoms with Gasteiger partial charge >= 0.3 is 0 Å². The summed E-state index contributed by atoms with van der Waals surface area (Å²) in [6.45, 7) is 2.93. The molecule has 0 aromatic carbocycles. The zero-order chi connectivity index (χ0) is 12.3. The van der Waals surface area contributed by atoms with Gasteiger partial charge in [-0.25, -0.2) is 4.98 Å². The highest BCUT2D eigenvalue weighted by Gasteiger charge is 2.23. The standard InChI is InChI=1S/C13H17FN2O/c1-9-3-2-4-10(9)7-16-13(17)11-5-6-12(14)15-8-11/h5-6,8-10H,2-4,7H2,1H3,(H,16,17). The first kappa shape index (κ1) is 12.0. The Bertz CT molecular complexity index is 391. The van der Waals surface area contributed by atoms with Crippen LogP contribution < -0.4 is 5.32 Å². The highest BCUT2D eigenvalue weighted by Crippen LogP contribution is 2.30. The van der Waals surface area contributed by atoms with Crippen LogP contribution in [0.2, 0.25) is 0 Å². The SMILES string of the molecule is CC1CCCC1CNC(=O)c1ccc(F)nc1. The molecule has 0 spiro atoms. The molecule has 1 amide bonds. The molecule has 92 valence electrons. The molecular weight excluding hydrogens is 219 g/mol. The van der Waals surface area contributed by atoms with Crippen LogP contribution in [0, 0.1) is 17.8 Å². The number of pyridine rings is 1. The molecule has 0 bridgehead atoms. The van der Waals surface area contributed by atoms with Crippen LogP contribution >= 0.6 is 0 Å². The van der Waals surface area contributed by atoms with Crippen LogP contribution in [0.4, 0.5) is 4.39 Å². The molecule has 1 fully saturated rings. The fraction of sp³-hybridized carbons (Fsp3) is 0.538. The second kappa shape index (κ2) is 5.25. The van der Waals surface area contributed by atoms with Crippen molar-refractivity contribution in [1.29, 1.82) is 0 Å². The van der Waals surface area contributed by atoms with Crippen LogP contribution in [0.5, 0.6) is 0 Å². The second-order valence-electron chi connectivity index (χ2n) is 4.75. The quantitative estimate of drug-likeness (QED) is 0.819. The smallest absolute Gasteiger partial charge is 0.252 e. The second-order valence-corrected chi connectivity index (χ2v) is 4.75. The maximum atomic E-state index is 12.6. The van der Waals surface area contributed by atoms with Gasteiger partial charge in [0.1, 0.15) is 0 Å². The number of rotatable bonds is 3. The topological polar surface area (TPSA) is 42.0 Å². The van der Waals surface area contributed by atoms with Crippen molar-refractivity contribution in [3.8, 4) is 0 Å². The Hall–Kier alpha value is -1.45. The summed E-state index contributed by atoms with van der Waals surface area (Å²) >= 11 is 0. The lowest BCUT2D eigenvalue weighted by atomic mass is 9.98. The van der Waals surface area contributed by atoms with Crippen LogP contribution in [0.15, 0.2) is 18.3 Å². The average Bonchev–Trinajstić information content (AvgIpc) is 2.73. The summed E-state index contributed by atoms with van der Waals surface area (Å²) < 4.78 is 12.6. The molecule has 2 unspecified atom stereocenters. The van der Waals surface area contributed by atoms with Gasteiger partial charge in [-0.1, -0.05) is 19.8 Å². The zero-order valence-electron chi connectivity index (χ0n) is 9.95. The largest absolute Gasteiger partial charge is 0.352 e. The van der Waals surface area contributed by atoms with E-state index in [4.69, 9.17) is 0 Å². The highest BCUT2D eigenvalue weighted by molar-refractivity contribution is 5.93. The third kappa shape index (κ3) is 3.02. The summed E-state index contributed by atoms with van der Waals surface area (Å²) in [4.78, 5) is 15.2. The molecule has 1 aromatic heterocycles. The predicted octanol–water partition coefficient (Wildman–Crippen LogP) is 2.39. The summed E-state index contributed by atoms with van der Waals surface area (Å²) in [5, 5.41) is 2.89. The lowest BCUT2D eigenvalue weighted by Gasteiger charge is -2.15. The molecule has 1 heterocycles. The number of halogens is 1. The lowest BCUT2D eigenvalue weighted by Crippen LogP contribution is -2.30. The molecule has 1 aliphatic carbocycles. The van der Waals surface area contributed by atoms with Gasteiger partial charge in [0.25, 0.3) is 5.91 Å². The first-order chi connectivity index (χ1) is 8.16. The molecule has 0 saturated heterocycles. The number of hydrogen-bond acceptors (Lipinski definition) is 2. The fourth-order valence-corrected chi connectivity index (χ4v) is 2.36. The Balaban J connectivity index is 1.87. The molecule has 1 N–H and O–H groups in total. The molecule has 4 heteroatoms. The van der Waals surface area contributed by atoms with Crippen LogP contribution in [-0.2, 0) is 0 Å². The van der Waals surface area contributed by atoms with Gasteiger partial charge in [-0.2, -0.15) is 4.39 Å². The van der Waals surface area contributed by atoms with Gasteiger partial charge in [0.05, 0.1) is 5.56 Å². The minimum absolute atomic E-state index is 0.170. The van der Waals surface area contributed by atoms with Crippen LogP contribution in [0.25, 0.3) is 0 Å². The van der Waals surface area contributed by atoms with E-state index in [9.17, 15) is 9.18 Å². The van der Waals surface area contributed by atoms with Crippen molar-refractivity contribution in [3.63, 3.8) is 0 Å². The average molecular weight is 236 g/mol. The molecule has 2 atom stereocenters. The van der Waals surface area contributed by atoms with E-state index in [0.29, 0.717) is 23.9 Å². The van der Waals surface area contributed by atoms with Crippen molar-refractivity contribution in [2.24, 2.45) is 11.8 Å². The number of hydrogen-bond donors (Lipinski definition) is 1. The number of carbonyl (C=O) groups is 1. The number of carbonyl (C=O) groups excluding carboxylic acids is 1. The third-order valence-corrected chi connectivity index (χ3v) is 3.55. The fourth-order valence-electron chi connectivity index (χ4n) is 2.36. The van der Waals surface area contributed by atoms with Crippen molar-refractivity contribution in [1.82, 2.24) is 10.3 Å². The summed E-state index contributed by atoms with van der Waals surface area (Å²) in [6.07, 6.45) is 4.95. The van der Waals surface area contributed by atoms with Crippen LogP contribution in [-0.4, -0.2) is 17.4 Å². The third-order valence-electron chi connectivity index (χ3n) is 3.55. The van der Waals surface area contributed by atoms with Gasteiger partial charge in [-0.15, -0.1) is 0 Å². The van der Waals surface area contributed by atoms with Crippen molar-refractivity contribution in [2.75, 3.05) is 6.54 Å². The number of nitrogens with one attached hydrogen (secondary N) is 1.